The van der Waals surface area contributed by atoms with Crippen molar-refractivity contribution in [3.8, 4) is 0 Å². The van der Waals surface area contributed by atoms with Gasteiger partial charge in [-0.2, -0.15) is 0 Å². The minimum Gasteiger partial charge on any atom is -0.307 e. The number of carbonyl (C=O) groups is 2. The van der Waals surface area contributed by atoms with Gasteiger partial charge in [-0.1, -0.05) is 56.3 Å². The molecule has 2 heterocycles. The molecule has 1 atom stereocenters. The summed E-state index contributed by atoms with van der Waals surface area (Å²) in [5.74, 6) is -0.0648. The van der Waals surface area contributed by atoms with Crippen LogP contribution in [0, 0.1) is 12.0 Å². The maximum Gasteiger partial charge on any atom is 0.245 e. The Morgan fingerprint density at radius 1 is 1.14 bits per heavy atom. The van der Waals surface area contributed by atoms with Crippen LogP contribution < -0.4 is 4.90 Å². The first-order valence-electron chi connectivity index (χ1n) is 8.92. The molecular formula is C22H18N4O2. The maximum absolute atomic E-state index is 13.9. The summed E-state index contributed by atoms with van der Waals surface area (Å²) in [4.78, 5) is 40.1. The monoisotopic (exact) mass is 370 g/mol. The van der Waals surface area contributed by atoms with Gasteiger partial charge in [-0.15, -0.1) is 0 Å². The number of benzene rings is 1. The van der Waals surface area contributed by atoms with Crippen molar-refractivity contribution in [3.05, 3.63) is 89.3 Å². The second-order valence-corrected chi connectivity index (χ2v) is 7.37. The SMILES string of the molecule is [C-]#[N+]C1=C[C@]2(c3ccccc3)C(=O)N(c3cnccn3)CC=C2C(C)(C)C1=O. The molecule has 1 aromatic carbocycles. The fourth-order valence-corrected chi connectivity index (χ4v) is 4.13. The Morgan fingerprint density at radius 2 is 1.89 bits per heavy atom. The lowest BCUT2D eigenvalue weighted by Crippen LogP contribution is -2.57. The molecule has 2 aliphatic rings. The Bertz CT molecular complexity index is 1060. The number of hydrogen-bond acceptors (Lipinski definition) is 4. The quantitative estimate of drug-likeness (QED) is 0.602. The van der Waals surface area contributed by atoms with E-state index >= 15 is 0 Å². The Kier molecular flexibility index (Phi) is 3.97. The highest BCUT2D eigenvalue weighted by atomic mass is 16.2. The molecule has 1 amide bonds. The van der Waals surface area contributed by atoms with Crippen LogP contribution in [0.4, 0.5) is 5.82 Å². The predicted octanol–water partition coefficient (Wildman–Crippen LogP) is 3.10. The minimum absolute atomic E-state index is 0.0136. The summed E-state index contributed by atoms with van der Waals surface area (Å²) in [5.41, 5.74) is -0.779. The van der Waals surface area contributed by atoms with E-state index < -0.39 is 10.8 Å². The molecule has 28 heavy (non-hydrogen) atoms. The van der Waals surface area contributed by atoms with Crippen molar-refractivity contribution in [1.82, 2.24) is 9.97 Å². The Balaban J connectivity index is 2.03. The number of anilines is 1. The standard InChI is InChI=1S/C22H18N4O2/c1-21(2)17-9-12-26(18-14-24-10-11-25-18)20(28)22(17,13-16(23-3)19(21)27)15-7-5-4-6-8-15/h4-11,13-14H,12H2,1-2H3/t22-/m1/s1. The number of fused-ring (bicyclic) bond motifs is 1. The van der Waals surface area contributed by atoms with Crippen LogP contribution in [-0.4, -0.2) is 28.2 Å². The fourth-order valence-electron chi connectivity index (χ4n) is 4.13. The van der Waals surface area contributed by atoms with Crippen LogP contribution >= 0.6 is 0 Å². The second kappa shape index (κ2) is 6.24. The van der Waals surface area contributed by atoms with Gasteiger partial charge in [0.1, 0.15) is 5.41 Å². The van der Waals surface area contributed by atoms with Crippen molar-refractivity contribution < 1.29 is 9.59 Å². The molecule has 6 nitrogen and oxygen atoms in total. The highest BCUT2D eigenvalue weighted by Crippen LogP contribution is 2.52. The van der Waals surface area contributed by atoms with Gasteiger partial charge in [0.2, 0.25) is 11.6 Å². The lowest BCUT2D eigenvalue weighted by atomic mass is 9.57. The zero-order valence-corrected chi connectivity index (χ0v) is 15.6. The molecule has 0 spiro atoms. The van der Waals surface area contributed by atoms with Crippen LogP contribution in [0.2, 0.25) is 0 Å². The van der Waals surface area contributed by atoms with Gasteiger partial charge in [0.15, 0.2) is 11.6 Å². The second-order valence-electron chi connectivity index (χ2n) is 7.37. The van der Waals surface area contributed by atoms with Crippen molar-refractivity contribution in [2.24, 2.45) is 5.41 Å². The number of nitrogens with zero attached hydrogens (tertiary/aromatic N) is 4. The number of hydrogen-bond donors (Lipinski definition) is 0. The van der Waals surface area contributed by atoms with E-state index in [9.17, 15) is 9.59 Å². The number of amides is 1. The Morgan fingerprint density at radius 3 is 2.54 bits per heavy atom. The first kappa shape index (κ1) is 17.8. The van der Waals surface area contributed by atoms with Crippen molar-refractivity contribution in [1.29, 1.82) is 0 Å². The van der Waals surface area contributed by atoms with E-state index in [1.54, 1.807) is 24.9 Å². The van der Waals surface area contributed by atoms with E-state index in [4.69, 9.17) is 6.57 Å². The van der Waals surface area contributed by atoms with Gasteiger partial charge in [-0.3, -0.25) is 14.7 Å². The molecule has 1 aliphatic heterocycles. The number of carbonyl (C=O) groups excluding carboxylic acids is 2. The van der Waals surface area contributed by atoms with Gasteiger partial charge < -0.3 is 4.79 Å². The fraction of sp³-hybridized carbons (Fsp3) is 0.227. The molecule has 0 unspecified atom stereocenters. The van der Waals surface area contributed by atoms with Gasteiger partial charge >= 0.3 is 0 Å². The smallest absolute Gasteiger partial charge is 0.245 e. The third-order valence-electron chi connectivity index (χ3n) is 5.49. The molecule has 0 fully saturated rings. The van der Waals surface area contributed by atoms with Crippen LogP contribution in [0.25, 0.3) is 4.85 Å². The van der Waals surface area contributed by atoms with Crippen molar-refractivity contribution in [2.75, 3.05) is 11.4 Å². The minimum atomic E-state index is -1.23. The van der Waals surface area contributed by atoms with Gasteiger partial charge in [-0.25, -0.2) is 9.83 Å². The molecule has 0 saturated heterocycles. The summed E-state index contributed by atoms with van der Waals surface area (Å²) in [6, 6.07) is 9.29. The third kappa shape index (κ3) is 2.33. The summed E-state index contributed by atoms with van der Waals surface area (Å²) in [7, 11) is 0. The summed E-state index contributed by atoms with van der Waals surface area (Å²) >= 11 is 0. The molecule has 6 heteroatoms. The summed E-state index contributed by atoms with van der Waals surface area (Å²) in [6.45, 7) is 11.4. The zero-order chi connectivity index (χ0) is 19.9. The molecule has 1 aromatic heterocycles. The van der Waals surface area contributed by atoms with E-state index in [-0.39, 0.29) is 17.4 Å². The number of allylic oxidation sites excluding steroid dienone is 1. The number of rotatable bonds is 2. The molecule has 4 rings (SSSR count). The first-order valence-corrected chi connectivity index (χ1v) is 8.92. The summed E-state index contributed by atoms with van der Waals surface area (Å²) in [5, 5.41) is 0. The van der Waals surface area contributed by atoms with Gasteiger partial charge in [-0.05, 0) is 11.1 Å². The lowest BCUT2D eigenvalue weighted by Gasteiger charge is -2.48. The van der Waals surface area contributed by atoms with E-state index in [1.165, 1.54) is 18.5 Å². The summed E-state index contributed by atoms with van der Waals surface area (Å²) < 4.78 is 0. The zero-order valence-electron chi connectivity index (χ0n) is 15.6. The highest BCUT2D eigenvalue weighted by molar-refractivity contribution is 6.14. The lowest BCUT2D eigenvalue weighted by molar-refractivity contribution is -0.125. The van der Waals surface area contributed by atoms with Crippen LogP contribution in [0.1, 0.15) is 19.4 Å². The molecule has 2 aromatic rings. The molecule has 0 radical (unpaired) electrons. The maximum atomic E-state index is 13.9. The van der Waals surface area contributed by atoms with Crippen LogP contribution in [0.5, 0.6) is 0 Å². The molecule has 1 aliphatic carbocycles. The normalized spacial score (nSPS) is 23.4. The van der Waals surface area contributed by atoms with Crippen LogP contribution in [-0.2, 0) is 15.0 Å². The van der Waals surface area contributed by atoms with Gasteiger partial charge in [0.25, 0.3) is 0 Å². The molecular weight excluding hydrogens is 352 g/mol. The first-order chi connectivity index (χ1) is 13.4. The third-order valence-corrected chi connectivity index (χ3v) is 5.49. The van der Waals surface area contributed by atoms with E-state index in [1.807, 2.05) is 36.4 Å². The average molecular weight is 370 g/mol. The highest BCUT2D eigenvalue weighted by Gasteiger charge is 2.57. The molecule has 0 bridgehead atoms. The largest absolute Gasteiger partial charge is 0.307 e. The molecule has 0 N–H and O–H groups in total. The van der Waals surface area contributed by atoms with E-state index in [0.717, 1.165) is 5.56 Å². The van der Waals surface area contributed by atoms with Crippen LogP contribution in [0.3, 0.4) is 0 Å². The summed E-state index contributed by atoms with van der Waals surface area (Å²) in [6.07, 6.45) is 8.06. The number of Topliss-reactive ketones (excluding diaryl/α,β-unsaturated/α-hetero) is 1. The van der Waals surface area contributed by atoms with Gasteiger partial charge in [0, 0.05) is 24.4 Å². The topological polar surface area (TPSA) is 67.5 Å². The number of ketones is 1. The van der Waals surface area contributed by atoms with E-state index in [0.29, 0.717) is 17.9 Å². The average Bonchev–Trinajstić information content (AvgIpc) is 2.73. The predicted molar refractivity (Wildman–Crippen MR) is 104 cm³/mol. The van der Waals surface area contributed by atoms with Gasteiger partial charge in [0.05, 0.1) is 12.8 Å². The van der Waals surface area contributed by atoms with Crippen LogP contribution in [0.15, 0.2) is 72.3 Å². The van der Waals surface area contributed by atoms with Crippen molar-refractivity contribution in [3.63, 3.8) is 0 Å². The number of aromatic nitrogens is 2. The molecule has 138 valence electrons. The van der Waals surface area contributed by atoms with Crippen molar-refractivity contribution >= 4 is 17.5 Å². The Hall–Kier alpha value is -3.59. The van der Waals surface area contributed by atoms with E-state index in [2.05, 4.69) is 14.8 Å². The van der Waals surface area contributed by atoms with Crippen molar-refractivity contribution in [2.45, 2.75) is 19.3 Å². The Labute approximate surface area is 163 Å². The molecule has 0 saturated carbocycles.